The van der Waals surface area contributed by atoms with Gasteiger partial charge in [0.05, 0.1) is 7.11 Å². The second-order valence-electron chi connectivity index (χ2n) is 7.56. The van der Waals surface area contributed by atoms with E-state index in [9.17, 15) is 4.79 Å². The predicted molar refractivity (Wildman–Crippen MR) is 128 cm³/mol. The van der Waals surface area contributed by atoms with Gasteiger partial charge >= 0.3 is 6.09 Å². The molecule has 0 aromatic heterocycles. The number of carbonyl (C=O) groups is 1. The molecule has 0 unspecified atom stereocenters. The van der Waals surface area contributed by atoms with Crippen LogP contribution in [-0.4, -0.2) is 24.5 Å². The maximum atomic E-state index is 12.1. The van der Waals surface area contributed by atoms with Crippen molar-refractivity contribution >= 4 is 28.6 Å². The van der Waals surface area contributed by atoms with E-state index in [-0.39, 0.29) is 17.4 Å². The molecule has 0 fully saturated rings. The number of benzene rings is 3. The van der Waals surface area contributed by atoms with Crippen molar-refractivity contribution in [2.24, 2.45) is 0 Å². The Morgan fingerprint density at radius 1 is 1.00 bits per heavy atom. The van der Waals surface area contributed by atoms with Crippen LogP contribution in [0.1, 0.15) is 37.3 Å². The van der Waals surface area contributed by atoms with E-state index in [1.54, 1.807) is 0 Å². The van der Waals surface area contributed by atoms with Crippen molar-refractivity contribution in [2.75, 3.05) is 7.11 Å². The van der Waals surface area contributed by atoms with Crippen LogP contribution in [0.25, 0.3) is 10.8 Å². The zero-order valence-corrected chi connectivity index (χ0v) is 18.7. The van der Waals surface area contributed by atoms with E-state index < -0.39 is 0 Å². The van der Waals surface area contributed by atoms with Crippen molar-refractivity contribution in [1.29, 1.82) is 0 Å². The monoisotopic (exact) mass is 421 g/mol. The molecule has 3 aromatic rings. The van der Waals surface area contributed by atoms with E-state index in [0.29, 0.717) is 0 Å². The molecule has 4 heteroatoms. The lowest BCUT2D eigenvalue weighted by Gasteiger charge is -2.28. The summed E-state index contributed by atoms with van der Waals surface area (Å²) in [6, 6.07) is 25.6. The van der Waals surface area contributed by atoms with E-state index in [2.05, 4.69) is 79.0 Å². The number of nitrogens with one attached hydrogen (secondary N) is 1. The van der Waals surface area contributed by atoms with Crippen molar-refractivity contribution in [3.63, 3.8) is 0 Å². The number of amides is 1. The lowest BCUT2D eigenvalue weighted by Crippen LogP contribution is -2.43. The first-order chi connectivity index (χ1) is 14.7. The van der Waals surface area contributed by atoms with Gasteiger partial charge in [-0.25, -0.2) is 4.79 Å². The molecule has 0 aliphatic carbocycles. The van der Waals surface area contributed by atoms with Crippen LogP contribution >= 0.6 is 11.8 Å². The molecule has 1 amide bonds. The normalized spacial score (nSPS) is 13.0. The molecular formula is C26H31NO2S. The second-order valence-corrected chi connectivity index (χ2v) is 8.79. The van der Waals surface area contributed by atoms with Crippen LogP contribution in [0.3, 0.4) is 0 Å². The van der Waals surface area contributed by atoms with Gasteiger partial charge in [0.25, 0.3) is 0 Å². The fourth-order valence-electron chi connectivity index (χ4n) is 3.77. The Bertz CT molecular complexity index is 923. The van der Waals surface area contributed by atoms with Gasteiger partial charge in [-0.1, -0.05) is 92.6 Å². The van der Waals surface area contributed by atoms with Crippen molar-refractivity contribution in [2.45, 2.75) is 49.7 Å². The lowest BCUT2D eigenvalue weighted by atomic mass is 9.96. The van der Waals surface area contributed by atoms with Crippen LogP contribution in [0, 0.1) is 0 Å². The molecule has 0 spiro atoms. The summed E-state index contributed by atoms with van der Waals surface area (Å²) in [6.45, 7) is 2.19. The summed E-state index contributed by atoms with van der Waals surface area (Å²) in [5, 5.41) is 5.92. The highest BCUT2D eigenvalue weighted by molar-refractivity contribution is 7.99. The topological polar surface area (TPSA) is 38.3 Å². The molecule has 0 bridgehead atoms. The van der Waals surface area contributed by atoms with Gasteiger partial charge in [-0.15, -0.1) is 0 Å². The first-order valence-corrected chi connectivity index (χ1v) is 11.7. The minimum absolute atomic E-state index is 0.0603. The molecule has 0 heterocycles. The van der Waals surface area contributed by atoms with Crippen LogP contribution in [-0.2, 0) is 16.9 Å². The molecule has 3 aromatic carbocycles. The highest BCUT2D eigenvalue weighted by Gasteiger charge is 2.25. The summed E-state index contributed by atoms with van der Waals surface area (Å²) in [6.07, 6.45) is 3.68. The highest BCUT2D eigenvalue weighted by Crippen LogP contribution is 2.29. The Morgan fingerprint density at radius 2 is 1.73 bits per heavy atom. The van der Waals surface area contributed by atoms with Crippen LogP contribution in [0.15, 0.2) is 72.8 Å². The third kappa shape index (κ3) is 6.27. The Hall–Kier alpha value is -2.46. The molecule has 3 rings (SSSR count). The van der Waals surface area contributed by atoms with Crippen molar-refractivity contribution < 1.29 is 9.53 Å². The molecule has 0 saturated carbocycles. The number of ether oxygens (including phenoxy) is 1. The van der Waals surface area contributed by atoms with Crippen LogP contribution in [0.4, 0.5) is 4.79 Å². The Morgan fingerprint density at radius 3 is 2.50 bits per heavy atom. The molecule has 30 heavy (non-hydrogen) atoms. The maximum absolute atomic E-state index is 12.1. The van der Waals surface area contributed by atoms with E-state index in [1.807, 2.05) is 17.8 Å². The van der Waals surface area contributed by atoms with Gasteiger partial charge in [0.2, 0.25) is 0 Å². The molecule has 1 N–H and O–H groups in total. The van der Waals surface area contributed by atoms with Gasteiger partial charge < -0.3 is 10.1 Å². The van der Waals surface area contributed by atoms with Gasteiger partial charge in [-0.3, -0.25) is 0 Å². The Kier molecular flexibility index (Phi) is 8.64. The number of methoxy groups -OCH3 is 1. The average Bonchev–Trinajstić information content (AvgIpc) is 2.80. The van der Waals surface area contributed by atoms with Gasteiger partial charge in [0.1, 0.15) is 0 Å². The molecule has 0 aliphatic heterocycles. The lowest BCUT2D eigenvalue weighted by molar-refractivity contribution is 0.165. The standard InChI is InChI=1S/C26H31NO2S/c1-3-4-17-24(27-26(28)29-2)25(30-19-20-11-6-5-7-12-20)18-22-15-10-14-21-13-8-9-16-23(21)22/h5-16,24-25H,3-4,17-19H2,1-2H3,(H,27,28)/t24-,25+/m1/s1. The number of thioether (sulfide) groups is 1. The van der Waals surface area contributed by atoms with E-state index in [0.717, 1.165) is 31.4 Å². The summed E-state index contributed by atoms with van der Waals surface area (Å²) in [4.78, 5) is 12.1. The molecular weight excluding hydrogens is 390 g/mol. The number of alkyl carbamates (subject to hydrolysis) is 1. The van der Waals surface area contributed by atoms with Gasteiger partial charge in [0.15, 0.2) is 0 Å². The van der Waals surface area contributed by atoms with Crippen molar-refractivity contribution in [3.05, 3.63) is 83.9 Å². The van der Waals surface area contributed by atoms with Crippen LogP contribution in [0.2, 0.25) is 0 Å². The van der Waals surface area contributed by atoms with Crippen molar-refractivity contribution in [1.82, 2.24) is 5.32 Å². The fourth-order valence-corrected chi connectivity index (χ4v) is 5.10. The molecule has 158 valence electrons. The van der Waals surface area contributed by atoms with E-state index in [4.69, 9.17) is 4.74 Å². The van der Waals surface area contributed by atoms with Gasteiger partial charge in [-0.2, -0.15) is 11.8 Å². The van der Waals surface area contributed by atoms with Crippen LogP contribution < -0.4 is 5.32 Å². The second kappa shape index (κ2) is 11.7. The third-order valence-electron chi connectivity index (χ3n) is 5.41. The van der Waals surface area contributed by atoms with E-state index in [1.165, 1.54) is 29.0 Å². The molecule has 0 aliphatic rings. The van der Waals surface area contributed by atoms with Gasteiger partial charge in [0, 0.05) is 17.0 Å². The van der Waals surface area contributed by atoms with Crippen molar-refractivity contribution in [3.8, 4) is 0 Å². The highest BCUT2D eigenvalue weighted by atomic mass is 32.2. The Labute approximate surface area is 184 Å². The molecule has 2 atom stereocenters. The SMILES string of the molecule is CCCC[C@@H](NC(=O)OC)[C@H](Cc1cccc2ccccc12)SCc1ccccc1. The maximum Gasteiger partial charge on any atom is 0.407 e. The Balaban J connectivity index is 1.86. The summed E-state index contributed by atoms with van der Waals surface area (Å²) in [7, 11) is 1.43. The predicted octanol–water partition coefficient (Wildman–Crippen LogP) is 6.60. The summed E-state index contributed by atoms with van der Waals surface area (Å²) >= 11 is 1.92. The number of rotatable bonds is 10. The smallest absolute Gasteiger partial charge is 0.407 e. The average molecular weight is 422 g/mol. The molecule has 0 radical (unpaired) electrons. The zero-order chi connectivity index (χ0) is 21.2. The summed E-state index contributed by atoms with van der Waals surface area (Å²) < 4.78 is 4.93. The largest absolute Gasteiger partial charge is 0.453 e. The number of hydrogen-bond donors (Lipinski definition) is 1. The molecule has 0 saturated heterocycles. The fraction of sp³-hybridized carbons (Fsp3) is 0.346. The van der Waals surface area contributed by atoms with Gasteiger partial charge in [-0.05, 0) is 34.7 Å². The number of carbonyl (C=O) groups excluding carboxylic acids is 1. The number of hydrogen-bond acceptors (Lipinski definition) is 3. The quantitative estimate of drug-likeness (QED) is 0.401. The van der Waals surface area contributed by atoms with Crippen LogP contribution in [0.5, 0.6) is 0 Å². The minimum Gasteiger partial charge on any atom is -0.453 e. The van der Waals surface area contributed by atoms with E-state index >= 15 is 0 Å². The first-order valence-electron chi connectivity index (χ1n) is 10.7. The summed E-state index contributed by atoms with van der Waals surface area (Å²) in [5.41, 5.74) is 2.63. The zero-order valence-electron chi connectivity index (χ0n) is 17.8. The number of fused-ring (bicyclic) bond motifs is 1. The summed E-state index contributed by atoms with van der Waals surface area (Å²) in [5.74, 6) is 0.918. The first kappa shape index (κ1) is 22.2. The third-order valence-corrected chi connectivity index (χ3v) is 6.84. The minimum atomic E-state index is -0.348. The number of unbranched alkanes of at least 4 members (excludes halogenated alkanes) is 1. The molecule has 3 nitrogen and oxygen atoms in total.